The summed E-state index contributed by atoms with van der Waals surface area (Å²) in [5, 5.41) is 6.46. The van der Waals surface area contributed by atoms with Gasteiger partial charge in [-0.05, 0) is 16.7 Å². The fourth-order valence-corrected chi connectivity index (χ4v) is 2.72. The highest BCUT2D eigenvalue weighted by atomic mass is 35.5. The van der Waals surface area contributed by atoms with Crippen molar-refractivity contribution in [2.75, 3.05) is 0 Å². The molecule has 1 aliphatic rings. The zero-order valence-corrected chi connectivity index (χ0v) is 13.9. The molecule has 1 aromatic carbocycles. The Balaban J connectivity index is 1.71. The van der Waals surface area contributed by atoms with Crippen LogP contribution < -0.4 is 10.6 Å². The zero-order chi connectivity index (χ0) is 16.4. The van der Waals surface area contributed by atoms with Crippen LogP contribution >= 0.6 is 11.6 Å². The average Bonchev–Trinajstić information content (AvgIpc) is 3.00. The Hall–Kier alpha value is -1.98. The molecular formula is C17H19ClN4O. The lowest BCUT2D eigenvalue weighted by atomic mass is 10.1. The summed E-state index contributed by atoms with van der Waals surface area (Å²) in [6.07, 6.45) is 1.49. The molecule has 0 saturated carbocycles. The molecule has 2 N–H and O–H groups in total. The van der Waals surface area contributed by atoms with Crippen LogP contribution in [0.1, 0.15) is 52.8 Å². The SMILES string of the molecule is CC(C)c1ncc(Cl)c(C(=O)NCc2ccc3c(c2)CNC3)n1. The lowest BCUT2D eigenvalue weighted by molar-refractivity contribution is 0.0945. The Kier molecular flexibility index (Phi) is 4.59. The van der Waals surface area contributed by atoms with Gasteiger partial charge in [0.1, 0.15) is 11.5 Å². The van der Waals surface area contributed by atoms with Crippen LogP contribution in [-0.4, -0.2) is 15.9 Å². The van der Waals surface area contributed by atoms with E-state index < -0.39 is 0 Å². The third-order valence-electron chi connectivity index (χ3n) is 3.85. The summed E-state index contributed by atoms with van der Waals surface area (Å²) in [6.45, 7) is 6.19. The Morgan fingerprint density at radius 1 is 1.35 bits per heavy atom. The standard InChI is InChI=1S/C17H19ClN4O/c1-10(2)16-20-9-14(18)15(22-16)17(23)21-6-11-3-4-12-7-19-8-13(12)5-11/h3-5,9-10,19H,6-8H2,1-2H3,(H,21,23). The molecule has 120 valence electrons. The molecule has 0 saturated heterocycles. The normalized spacial score (nSPS) is 13.2. The molecule has 0 atom stereocenters. The molecule has 23 heavy (non-hydrogen) atoms. The topological polar surface area (TPSA) is 66.9 Å². The highest BCUT2D eigenvalue weighted by molar-refractivity contribution is 6.33. The fraction of sp³-hybridized carbons (Fsp3) is 0.353. The van der Waals surface area contributed by atoms with Gasteiger partial charge in [0.25, 0.3) is 5.91 Å². The van der Waals surface area contributed by atoms with Crippen molar-refractivity contribution in [1.82, 2.24) is 20.6 Å². The number of rotatable bonds is 4. The molecule has 0 fully saturated rings. The van der Waals surface area contributed by atoms with Crippen LogP contribution in [0, 0.1) is 0 Å². The maximum atomic E-state index is 12.3. The van der Waals surface area contributed by atoms with E-state index in [2.05, 4.69) is 32.7 Å². The van der Waals surface area contributed by atoms with Crippen molar-refractivity contribution in [3.63, 3.8) is 0 Å². The maximum Gasteiger partial charge on any atom is 0.271 e. The molecule has 2 aromatic rings. The van der Waals surface area contributed by atoms with Gasteiger partial charge in [0, 0.05) is 25.6 Å². The largest absolute Gasteiger partial charge is 0.347 e. The van der Waals surface area contributed by atoms with E-state index in [1.807, 2.05) is 19.9 Å². The van der Waals surface area contributed by atoms with Crippen molar-refractivity contribution in [3.8, 4) is 0 Å². The number of carbonyl (C=O) groups excluding carboxylic acids is 1. The van der Waals surface area contributed by atoms with Gasteiger partial charge in [-0.25, -0.2) is 9.97 Å². The number of nitrogens with one attached hydrogen (secondary N) is 2. The van der Waals surface area contributed by atoms with Gasteiger partial charge in [-0.2, -0.15) is 0 Å². The molecule has 1 aliphatic heterocycles. The summed E-state index contributed by atoms with van der Waals surface area (Å²) in [5.74, 6) is 0.476. The maximum absolute atomic E-state index is 12.3. The van der Waals surface area contributed by atoms with Crippen LogP contribution in [-0.2, 0) is 19.6 Å². The van der Waals surface area contributed by atoms with Crippen molar-refractivity contribution in [1.29, 1.82) is 0 Å². The van der Waals surface area contributed by atoms with Crippen molar-refractivity contribution in [2.45, 2.75) is 39.4 Å². The van der Waals surface area contributed by atoms with Crippen LogP contribution in [0.4, 0.5) is 0 Å². The summed E-state index contributed by atoms with van der Waals surface area (Å²) in [5.41, 5.74) is 3.91. The predicted molar refractivity (Wildman–Crippen MR) is 89.3 cm³/mol. The Bertz CT molecular complexity index is 745. The van der Waals surface area contributed by atoms with E-state index in [1.54, 1.807) is 0 Å². The number of amides is 1. The average molecular weight is 331 g/mol. The van der Waals surface area contributed by atoms with Crippen LogP contribution in [0.15, 0.2) is 24.4 Å². The predicted octanol–water partition coefficient (Wildman–Crippen LogP) is 2.79. The molecule has 6 heteroatoms. The minimum atomic E-state index is -0.280. The van der Waals surface area contributed by atoms with Crippen LogP contribution in [0.2, 0.25) is 5.02 Å². The van der Waals surface area contributed by atoms with Crippen molar-refractivity contribution >= 4 is 17.5 Å². The summed E-state index contributed by atoms with van der Waals surface area (Å²) >= 11 is 6.06. The monoisotopic (exact) mass is 330 g/mol. The number of hydrogen-bond acceptors (Lipinski definition) is 4. The highest BCUT2D eigenvalue weighted by Crippen LogP contribution is 2.18. The molecule has 0 radical (unpaired) electrons. The summed E-state index contributed by atoms with van der Waals surface area (Å²) < 4.78 is 0. The highest BCUT2D eigenvalue weighted by Gasteiger charge is 2.16. The van der Waals surface area contributed by atoms with E-state index in [9.17, 15) is 4.79 Å². The lowest BCUT2D eigenvalue weighted by Crippen LogP contribution is -2.25. The third-order valence-corrected chi connectivity index (χ3v) is 4.13. The molecule has 5 nitrogen and oxygen atoms in total. The van der Waals surface area contributed by atoms with Gasteiger partial charge in [-0.3, -0.25) is 4.79 Å². The van der Waals surface area contributed by atoms with Gasteiger partial charge in [-0.15, -0.1) is 0 Å². The molecule has 0 bridgehead atoms. The fourth-order valence-electron chi connectivity index (χ4n) is 2.54. The first-order chi connectivity index (χ1) is 11.0. The third kappa shape index (κ3) is 3.51. The number of benzene rings is 1. The minimum absolute atomic E-state index is 0.142. The Morgan fingerprint density at radius 3 is 2.91 bits per heavy atom. The molecule has 1 amide bonds. The lowest BCUT2D eigenvalue weighted by Gasteiger charge is -2.10. The molecular weight excluding hydrogens is 312 g/mol. The number of halogens is 1. The summed E-state index contributed by atoms with van der Waals surface area (Å²) in [4.78, 5) is 20.8. The number of carbonyl (C=O) groups is 1. The second kappa shape index (κ2) is 6.64. The summed E-state index contributed by atoms with van der Waals surface area (Å²) in [6, 6.07) is 6.26. The Labute approximate surface area is 140 Å². The van der Waals surface area contributed by atoms with Gasteiger partial charge in [0.05, 0.1) is 11.2 Å². The number of hydrogen-bond donors (Lipinski definition) is 2. The number of fused-ring (bicyclic) bond motifs is 1. The van der Waals surface area contributed by atoms with E-state index >= 15 is 0 Å². The molecule has 0 spiro atoms. The van der Waals surface area contributed by atoms with Gasteiger partial charge in [0.15, 0.2) is 0 Å². The Morgan fingerprint density at radius 2 is 2.13 bits per heavy atom. The molecule has 0 unspecified atom stereocenters. The second-order valence-electron chi connectivity index (χ2n) is 5.97. The van der Waals surface area contributed by atoms with Crippen LogP contribution in [0.25, 0.3) is 0 Å². The van der Waals surface area contributed by atoms with E-state index in [0.717, 1.165) is 18.7 Å². The minimum Gasteiger partial charge on any atom is -0.347 e. The van der Waals surface area contributed by atoms with Crippen molar-refractivity contribution in [3.05, 3.63) is 57.6 Å². The quantitative estimate of drug-likeness (QED) is 0.904. The van der Waals surface area contributed by atoms with Gasteiger partial charge >= 0.3 is 0 Å². The first kappa shape index (κ1) is 15.9. The zero-order valence-electron chi connectivity index (χ0n) is 13.2. The number of nitrogens with zero attached hydrogens (tertiary/aromatic N) is 2. The van der Waals surface area contributed by atoms with E-state index in [-0.39, 0.29) is 22.5 Å². The molecule has 3 rings (SSSR count). The van der Waals surface area contributed by atoms with E-state index in [0.29, 0.717) is 12.4 Å². The summed E-state index contributed by atoms with van der Waals surface area (Å²) in [7, 11) is 0. The molecule has 1 aromatic heterocycles. The van der Waals surface area contributed by atoms with Gasteiger partial charge < -0.3 is 10.6 Å². The van der Waals surface area contributed by atoms with Crippen LogP contribution in [0.5, 0.6) is 0 Å². The second-order valence-corrected chi connectivity index (χ2v) is 6.38. The van der Waals surface area contributed by atoms with Crippen molar-refractivity contribution in [2.24, 2.45) is 0 Å². The molecule has 2 heterocycles. The smallest absolute Gasteiger partial charge is 0.271 e. The number of aromatic nitrogens is 2. The first-order valence-corrected chi connectivity index (χ1v) is 8.04. The van der Waals surface area contributed by atoms with E-state index in [1.165, 1.54) is 17.3 Å². The van der Waals surface area contributed by atoms with Gasteiger partial charge in [0.2, 0.25) is 0 Å². The van der Waals surface area contributed by atoms with E-state index in [4.69, 9.17) is 11.6 Å². The van der Waals surface area contributed by atoms with Crippen LogP contribution in [0.3, 0.4) is 0 Å². The van der Waals surface area contributed by atoms with Gasteiger partial charge in [-0.1, -0.05) is 43.6 Å². The first-order valence-electron chi connectivity index (χ1n) is 7.66. The molecule has 0 aliphatic carbocycles. The van der Waals surface area contributed by atoms with Crippen molar-refractivity contribution < 1.29 is 4.79 Å².